The molecule has 2 rings (SSSR count). The van der Waals surface area contributed by atoms with Gasteiger partial charge in [-0.2, -0.15) is 5.10 Å². The highest BCUT2D eigenvalue weighted by Crippen LogP contribution is 2.13. The van der Waals surface area contributed by atoms with Crippen molar-refractivity contribution in [2.45, 2.75) is 20.4 Å². The number of hydrogen-bond donors (Lipinski definition) is 1. The van der Waals surface area contributed by atoms with Gasteiger partial charge in [-0.3, -0.25) is 0 Å². The lowest BCUT2D eigenvalue weighted by atomic mass is 10.2. The Kier molecular flexibility index (Phi) is 3.01. The van der Waals surface area contributed by atoms with E-state index in [0.29, 0.717) is 0 Å². The first kappa shape index (κ1) is 10.8. The highest BCUT2D eigenvalue weighted by atomic mass is 15.3. The summed E-state index contributed by atoms with van der Waals surface area (Å²) in [5, 5.41) is 7.59. The average Bonchev–Trinajstić information content (AvgIpc) is 2.59. The van der Waals surface area contributed by atoms with E-state index >= 15 is 0 Å². The minimum atomic E-state index is 0.793. The van der Waals surface area contributed by atoms with Crippen LogP contribution in [0.4, 0.5) is 0 Å². The SMILES string of the molecule is CNCc1cccnc1-n1nc(C)cc1C. The number of pyridine rings is 1. The molecule has 2 heterocycles. The smallest absolute Gasteiger partial charge is 0.158 e. The molecule has 4 nitrogen and oxygen atoms in total. The molecule has 0 aromatic carbocycles. The second-order valence-corrected chi connectivity index (χ2v) is 3.86. The molecule has 0 fully saturated rings. The zero-order chi connectivity index (χ0) is 11.5. The van der Waals surface area contributed by atoms with Crippen LogP contribution in [0.1, 0.15) is 17.0 Å². The van der Waals surface area contributed by atoms with Crippen LogP contribution in [0.3, 0.4) is 0 Å². The van der Waals surface area contributed by atoms with Crippen LogP contribution in [-0.2, 0) is 6.54 Å². The molecule has 0 atom stereocenters. The molecule has 4 heteroatoms. The Morgan fingerprint density at radius 3 is 2.81 bits per heavy atom. The maximum absolute atomic E-state index is 4.45. The molecule has 0 aliphatic rings. The topological polar surface area (TPSA) is 42.7 Å². The van der Waals surface area contributed by atoms with Crippen LogP contribution in [-0.4, -0.2) is 21.8 Å². The van der Waals surface area contributed by atoms with E-state index in [1.807, 2.05) is 31.6 Å². The van der Waals surface area contributed by atoms with Crippen LogP contribution in [0.15, 0.2) is 24.4 Å². The zero-order valence-corrected chi connectivity index (χ0v) is 9.86. The summed E-state index contributed by atoms with van der Waals surface area (Å²) >= 11 is 0. The fourth-order valence-corrected chi connectivity index (χ4v) is 1.79. The van der Waals surface area contributed by atoms with E-state index in [0.717, 1.165) is 29.3 Å². The van der Waals surface area contributed by atoms with Gasteiger partial charge in [0.05, 0.1) is 5.69 Å². The molecule has 1 N–H and O–H groups in total. The molecule has 2 aromatic rings. The molecule has 0 aliphatic carbocycles. The highest BCUT2D eigenvalue weighted by Gasteiger charge is 2.08. The predicted octanol–water partition coefficient (Wildman–Crippen LogP) is 1.60. The molecular weight excluding hydrogens is 200 g/mol. The number of hydrogen-bond acceptors (Lipinski definition) is 3. The van der Waals surface area contributed by atoms with Crippen molar-refractivity contribution in [2.24, 2.45) is 0 Å². The van der Waals surface area contributed by atoms with E-state index in [-0.39, 0.29) is 0 Å². The van der Waals surface area contributed by atoms with Crippen molar-refractivity contribution < 1.29 is 0 Å². The van der Waals surface area contributed by atoms with Crippen molar-refractivity contribution in [2.75, 3.05) is 7.05 Å². The summed E-state index contributed by atoms with van der Waals surface area (Å²) in [7, 11) is 1.93. The van der Waals surface area contributed by atoms with Gasteiger partial charge >= 0.3 is 0 Å². The van der Waals surface area contributed by atoms with Crippen molar-refractivity contribution in [3.63, 3.8) is 0 Å². The van der Waals surface area contributed by atoms with Crippen molar-refractivity contribution in [3.05, 3.63) is 41.3 Å². The number of rotatable bonds is 3. The van der Waals surface area contributed by atoms with Crippen LogP contribution in [0, 0.1) is 13.8 Å². The first-order valence-electron chi connectivity index (χ1n) is 5.34. The van der Waals surface area contributed by atoms with E-state index < -0.39 is 0 Å². The Labute approximate surface area is 95.3 Å². The summed E-state index contributed by atoms with van der Waals surface area (Å²) < 4.78 is 1.89. The standard InChI is InChI=1S/C12H16N4/c1-9-7-10(2)16(15-9)12-11(8-13-3)5-4-6-14-12/h4-7,13H,8H2,1-3H3. The number of nitrogens with one attached hydrogen (secondary N) is 1. The van der Waals surface area contributed by atoms with E-state index in [4.69, 9.17) is 0 Å². The molecule has 2 aromatic heterocycles. The van der Waals surface area contributed by atoms with Crippen molar-refractivity contribution in [3.8, 4) is 5.82 Å². The Morgan fingerprint density at radius 2 is 2.19 bits per heavy atom. The van der Waals surface area contributed by atoms with Gasteiger partial charge < -0.3 is 5.32 Å². The fraction of sp³-hybridized carbons (Fsp3) is 0.333. The summed E-state index contributed by atoms with van der Waals surface area (Å²) in [6.45, 7) is 4.82. The minimum Gasteiger partial charge on any atom is -0.316 e. The Morgan fingerprint density at radius 1 is 1.38 bits per heavy atom. The first-order chi connectivity index (χ1) is 7.72. The maximum atomic E-state index is 4.45. The number of aryl methyl sites for hydroxylation is 2. The van der Waals surface area contributed by atoms with Crippen LogP contribution < -0.4 is 5.32 Å². The molecule has 16 heavy (non-hydrogen) atoms. The second-order valence-electron chi connectivity index (χ2n) is 3.86. The van der Waals surface area contributed by atoms with Crippen molar-refractivity contribution >= 4 is 0 Å². The Bertz CT molecular complexity index is 488. The lowest BCUT2D eigenvalue weighted by molar-refractivity contribution is 0.755. The Balaban J connectivity index is 2.50. The monoisotopic (exact) mass is 216 g/mol. The summed E-state index contributed by atoms with van der Waals surface area (Å²) in [4.78, 5) is 4.40. The third-order valence-electron chi connectivity index (χ3n) is 2.44. The van der Waals surface area contributed by atoms with Crippen molar-refractivity contribution in [1.29, 1.82) is 0 Å². The van der Waals surface area contributed by atoms with E-state index in [1.165, 1.54) is 0 Å². The molecule has 0 bridgehead atoms. The van der Waals surface area contributed by atoms with Gasteiger partial charge in [-0.1, -0.05) is 6.07 Å². The van der Waals surface area contributed by atoms with Gasteiger partial charge in [-0.05, 0) is 33.0 Å². The average molecular weight is 216 g/mol. The largest absolute Gasteiger partial charge is 0.316 e. The number of aromatic nitrogens is 3. The van der Waals surface area contributed by atoms with Gasteiger partial charge in [0.25, 0.3) is 0 Å². The zero-order valence-electron chi connectivity index (χ0n) is 9.86. The maximum Gasteiger partial charge on any atom is 0.158 e. The van der Waals surface area contributed by atoms with Crippen LogP contribution >= 0.6 is 0 Å². The molecule has 0 radical (unpaired) electrons. The molecule has 0 amide bonds. The quantitative estimate of drug-likeness (QED) is 0.847. The summed E-state index contributed by atoms with van der Waals surface area (Å²) in [6.07, 6.45) is 1.80. The second kappa shape index (κ2) is 4.45. The minimum absolute atomic E-state index is 0.793. The van der Waals surface area contributed by atoms with Crippen LogP contribution in [0.25, 0.3) is 5.82 Å². The van der Waals surface area contributed by atoms with Gasteiger partial charge in [0.1, 0.15) is 0 Å². The Hall–Kier alpha value is -1.68. The molecule has 0 spiro atoms. The summed E-state index contributed by atoms with van der Waals surface area (Å²) in [5.74, 6) is 0.905. The molecule has 0 unspecified atom stereocenters. The lowest BCUT2D eigenvalue weighted by Gasteiger charge is -2.09. The summed E-state index contributed by atoms with van der Waals surface area (Å²) in [6, 6.07) is 6.06. The predicted molar refractivity (Wildman–Crippen MR) is 63.6 cm³/mol. The lowest BCUT2D eigenvalue weighted by Crippen LogP contribution is -2.11. The van der Waals surface area contributed by atoms with Gasteiger partial charge in [0.2, 0.25) is 0 Å². The van der Waals surface area contributed by atoms with E-state index in [1.54, 1.807) is 6.20 Å². The van der Waals surface area contributed by atoms with E-state index in [9.17, 15) is 0 Å². The van der Waals surface area contributed by atoms with Crippen molar-refractivity contribution in [1.82, 2.24) is 20.1 Å². The fourth-order valence-electron chi connectivity index (χ4n) is 1.79. The third-order valence-corrected chi connectivity index (χ3v) is 2.44. The summed E-state index contributed by atoms with van der Waals surface area (Å²) in [5.41, 5.74) is 3.27. The molecule has 0 saturated heterocycles. The first-order valence-corrected chi connectivity index (χ1v) is 5.34. The van der Waals surface area contributed by atoms with Gasteiger partial charge in [-0.15, -0.1) is 0 Å². The normalized spacial score (nSPS) is 10.7. The molecule has 84 valence electrons. The molecule has 0 saturated carbocycles. The van der Waals surface area contributed by atoms with E-state index in [2.05, 4.69) is 27.5 Å². The van der Waals surface area contributed by atoms with Gasteiger partial charge in [0.15, 0.2) is 5.82 Å². The van der Waals surface area contributed by atoms with Gasteiger partial charge in [-0.25, -0.2) is 9.67 Å². The van der Waals surface area contributed by atoms with Gasteiger partial charge in [0, 0.05) is 24.0 Å². The highest BCUT2D eigenvalue weighted by molar-refractivity contribution is 5.34. The van der Waals surface area contributed by atoms with Crippen LogP contribution in [0.2, 0.25) is 0 Å². The van der Waals surface area contributed by atoms with Crippen LogP contribution in [0.5, 0.6) is 0 Å². The molecular formula is C12H16N4. The third kappa shape index (κ3) is 1.97. The molecule has 0 aliphatic heterocycles. The number of nitrogens with zero attached hydrogens (tertiary/aromatic N) is 3.